The highest BCUT2D eigenvalue weighted by Crippen LogP contribution is 2.23. The molecule has 3 aromatic carbocycles. The molecule has 176 valence electrons. The molecule has 0 bridgehead atoms. The SMILES string of the molecule is Cc1cc(C)c(Cn2c(CCCNC(=O)COc3ccc(Cl)cc3)nc3ccccc32)c(C)c1. The average Bonchev–Trinajstić information content (AvgIpc) is 3.16. The Kier molecular flexibility index (Phi) is 7.53. The molecule has 1 N–H and O–H groups in total. The molecule has 5 nitrogen and oxygen atoms in total. The average molecular weight is 476 g/mol. The first-order valence-corrected chi connectivity index (χ1v) is 11.9. The van der Waals surface area contributed by atoms with Crippen molar-refractivity contribution in [1.29, 1.82) is 0 Å². The van der Waals surface area contributed by atoms with Gasteiger partial charge in [-0.2, -0.15) is 0 Å². The molecule has 1 amide bonds. The Balaban J connectivity index is 1.38. The van der Waals surface area contributed by atoms with Gasteiger partial charge in [0.25, 0.3) is 5.91 Å². The standard InChI is InChI=1S/C28H30ClN3O2/c1-19-15-20(2)24(21(3)16-19)17-32-26-8-5-4-7-25(26)31-27(32)9-6-14-30-28(33)18-34-23-12-10-22(29)11-13-23/h4-5,7-8,10-13,15-16H,6,9,14,17-18H2,1-3H3,(H,30,33). The van der Waals surface area contributed by atoms with Crippen LogP contribution in [0.4, 0.5) is 0 Å². The Bertz CT molecular complexity index is 1270. The van der Waals surface area contributed by atoms with Crippen molar-refractivity contribution >= 4 is 28.5 Å². The number of imidazole rings is 1. The molecule has 0 atom stereocenters. The van der Waals surface area contributed by atoms with E-state index in [0.717, 1.165) is 36.2 Å². The summed E-state index contributed by atoms with van der Waals surface area (Å²) in [5, 5.41) is 3.57. The molecule has 0 fully saturated rings. The molecule has 0 aliphatic carbocycles. The highest BCUT2D eigenvalue weighted by Gasteiger charge is 2.13. The van der Waals surface area contributed by atoms with Crippen LogP contribution in [0.25, 0.3) is 11.0 Å². The van der Waals surface area contributed by atoms with Gasteiger partial charge in [0.15, 0.2) is 6.61 Å². The predicted octanol–water partition coefficient (Wildman–Crippen LogP) is 5.79. The van der Waals surface area contributed by atoms with Crippen molar-refractivity contribution in [2.45, 2.75) is 40.2 Å². The maximum absolute atomic E-state index is 12.2. The number of nitrogens with zero attached hydrogens (tertiary/aromatic N) is 2. The summed E-state index contributed by atoms with van der Waals surface area (Å²) < 4.78 is 7.82. The molecule has 0 unspecified atom stereocenters. The summed E-state index contributed by atoms with van der Waals surface area (Å²) in [5.74, 6) is 1.51. The first kappa shape index (κ1) is 23.8. The minimum Gasteiger partial charge on any atom is -0.484 e. The van der Waals surface area contributed by atoms with E-state index in [-0.39, 0.29) is 12.5 Å². The number of fused-ring (bicyclic) bond motifs is 1. The summed E-state index contributed by atoms with van der Waals surface area (Å²) in [5.41, 5.74) is 7.36. The Labute approximate surface area is 205 Å². The van der Waals surface area contributed by atoms with Crippen LogP contribution >= 0.6 is 11.6 Å². The van der Waals surface area contributed by atoms with Crippen LogP contribution in [0.15, 0.2) is 60.7 Å². The Morgan fingerprint density at radius 3 is 2.47 bits per heavy atom. The number of amides is 1. The fourth-order valence-corrected chi connectivity index (χ4v) is 4.44. The first-order valence-electron chi connectivity index (χ1n) is 11.6. The maximum Gasteiger partial charge on any atom is 0.257 e. The van der Waals surface area contributed by atoms with Crippen molar-refractivity contribution in [1.82, 2.24) is 14.9 Å². The zero-order chi connectivity index (χ0) is 24.1. The molecule has 6 heteroatoms. The quantitative estimate of drug-likeness (QED) is 0.312. The second-order valence-corrected chi connectivity index (χ2v) is 9.11. The molecule has 0 aliphatic rings. The van der Waals surface area contributed by atoms with Crippen molar-refractivity contribution in [2.24, 2.45) is 0 Å². The number of carbonyl (C=O) groups excluding carboxylic acids is 1. The zero-order valence-corrected chi connectivity index (χ0v) is 20.7. The van der Waals surface area contributed by atoms with Gasteiger partial charge in [0.2, 0.25) is 0 Å². The lowest BCUT2D eigenvalue weighted by molar-refractivity contribution is -0.123. The minimum absolute atomic E-state index is 0.0217. The number of benzene rings is 3. The predicted molar refractivity (Wildman–Crippen MR) is 138 cm³/mol. The van der Waals surface area contributed by atoms with E-state index >= 15 is 0 Å². The molecular formula is C28H30ClN3O2. The van der Waals surface area contributed by atoms with Crippen LogP contribution in [0, 0.1) is 20.8 Å². The van der Waals surface area contributed by atoms with Crippen molar-refractivity contribution in [3.8, 4) is 5.75 Å². The number of aromatic nitrogens is 2. The van der Waals surface area contributed by atoms with Crippen LogP contribution in [-0.2, 0) is 17.8 Å². The highest BCUT2D eigenvalue weighted by molar-refractivity contribution is 6.30. The second-order valence-electron chi connectivity index (χ2n) is 8.68. The summed E-state index contributed by atoms with van der Waals surface area (Å²) in [4.78, 5) is 17.1. The van der Waals surface area contributed by atoms with Crippen LogP contribution < -0.4 is 10.1 Å². The maximum atomic E-state index is 12.2. The lowest BCUT2D eigenvalue weighted by atomic mass is 9.99. The zero-order valence-electron chi connectivity index (χ0n) is 19.9. The van der Waals surface area contributed by atoms with E-state index in [1.54, 1.807) is 24.3 Å². The van der Waals surface area contributed by atoms with Gasteiger partial charge >= 0.3 is 0 Å². The number of aryl methyl sites for hydroxylation is 4. The fraction of sp³-hybridized carbons (Fsp3) is 0.286. The van der Waals surface area contributed by atoms with Crippen LogP contribution in [0.1, 0.15) is 34.5 Å². The monoisotopic (exact) mass is 475 g/mol. The topological polar surface area (TPSA) is 56.2 Å². The summed E-state index contributed by atoms with van der Waals surface area (Å²) in [7, 11) is 0. The number of rotatable bonds is 9. The van der Waals surface area contributed by atoms with Crippen LogP contribution in [-0.4, -0.2) is 28.6 Å². The van der Waals surface area contributed by atoms with Gasteiger partial charge in [-0.15, -0.1) is 0 Å². The van der Waals surface area contributed by atoms with E-state index in [2.05, 4.69) is 61.0 Å². The minimum atomic E-state index is -0.144. The molecule has 0 saturated carbocycles. The van der Waals surface area contributed by atoms with Crippen molar-refractivity contribution in [3.05, 3.63) is 93.8 Å². The number of hydrogen-bond donors (Lipinski definition) is 1. The molecule has 34 heavy (non-hydrogen) atoms. The molecule has 4 rings (SSSR count). The van der Waals surface area contributed by atoms with Crippen molar-refractivity contribution < 1.29 is 9.53 Å². The molecule has 4 aromatic rings. The van der Waals surface area contributed by atoms with Gasteiger partial charge in [-0.1, -0.05) is 41.4 Å². The van der Waals surface area contributed by atoms with Gasteiger partial charge in [-0.05, 0) is 80.3 Å². The van der Waals surface area contributed by atoms with Crippen LogP contribution in [0.2, 0.25) is 5.02 Å². The Hall–Kier alpha value is -3.31. The number of nitrogens with one attached hydrogen (secondary N) is 1. The number of para-hydroxylation sites is 2. The molecular weight excluding hydrogens is 446 g/mol. The molecule has 1 heterocycles. The molecule has 0 saturated heterocycles. The molecule has 0 aliphatic heterocycles. The van der Waals surface area contributed by atoms with E-state index in [1.165, 1.54) is 22.3 Å². The number of ether oxygens (including phenoxy) is 1. The van der Waals surface area contributed by atoms with E-state index < -0.39 is 0 Å². The van der Waals surface area contributed by atoms with Crippen LogP contribution in [0.5, 0.6) is 5.75 Å². The lowest BCUT2D eigenvalue weighted by Gasteiger charge is -2.15. The lowest BCUT2D eigenvalue weighted by Crippen LogP contribution is -2.30. The number of hydrogen-bond acceptors (Lipinski definition) is 3. The first-order chi connectivity index (χ1) is 16.4. The normalized spacial score (nSPS) is 11.1. The Morgan fingerprint density at radius 2 is 1.74 bits per heavy atom. The summed E-state index contributed by atoms with van der Waals surface area (Å²) >= 11 is 5.87. The Morgan fingerprint density at radius 1 is 1.03 bits per heavy atom. The summed E-state index contributed by atoms with van der Waals surface area (Å²) in [6.07, 6.45) is 1.57. The third-order valence-electron chi connectivity index (χ3n) is 5.97. The van der Waals surface area contributed by atoms with E-state index in [4.69, 9.17) is 21.3 Å². The number of carbonyl (C=O) groups is 1. The van der Waals surface area contributed by atoms with Gasteiger partial charge < -0.3 is 14.6 Å². The smallest absolute Gasteiger partial charge is 0.257 e. The molecule has 0 spiro atoms. The van der Waals surface area contributed by atoms with E-state index in [0.29, 0.717) is 17.3 Å². The van der Waals surface area contributed by atoms with Gasteiger partial charge in [-0.25, -0.2) is 4.98 Å². The molecule has 0 radical (unpaired) electrons. The highest BCUT2D eigenvalue weighted by atomic mass is 35.5. The van der Waals surface area contributed by atoms with Gasteiger partial charge in [0.1, 0.15) is 11.6 Å². The summed E-state index contributed by atoms with van der Waals surface area (Å²) in [6, 6.07) is 19.7. The van der Waals surface area contributed by atoms with Gasteiger partial charge in [0, 0.05) is 24.5 Å². The van der Waals surface area contributed by atoms with Gasteiger partial charge in [-0.3, -0.25) is 4.79 Å². The van der Waals surface area contributed by atoms with E-state index in [9.17, 15) is 4.79 Å². The largest absolute Gasteiger partial charge is 0.484 e. The summed E-state index contributed by atoms with van der Waals surface area (Å²) in [6.45, 7) is 7.82. The van der Waals surface area contributed by atoms with Crippen molar-refractivity contribution in [2.75, 3.05) is 13.2 Å². The number of halogens is 1. The van der Waals surface area contributed by atoms with Crippen molar-refractivity contribution in [3.63, 3.8) is 0 Å². The third kappa shape index (κ3) is 5.78. The van der Waals surface area contributed by atoms with Gasteiger partial charge in [0.05, 0.1) is 11.0 Å². The third-order valence-corrected chi connectivity index (χ3v) is 6.23. The molecule has 1 aromatic heterocycles. The van der Waals surface area contributed by atoms with E-state index in [1.807, 2.05) is 6.07 Å². The second kappa shape index (κ2) is 10.7. The fourth-order valence-electron chi connectivity index (χ4n) is 4.32. The van der Waals surface area contributed by atoms with Crippen LogP contribution in [0.3, 0.4) is 0 Å².